The Balaban J connectivity index is 2.20. The summed E-state index contributed by atoms with van der Waals surface area (Å²) in [6, 6.07) is 0. The second-order valence-corrected chi connectivity index (χ2v) is 3.78. The second-order valence-electron chi connectivity index (χ2n) is 3.78. The molecule has 0 atom stereocenters. The average Bonchev–Trinajstić information content (AvgIpc) is 2.65. The van der Waals surface area contributed by atoms with Crippen molar-refractivity contribution in [2.24, 2.45) is 7.05 Å². The number of aromatic nitrogens is 2. The molecule has 1 aromatic rings. The van der Waals surface area contributed by atoms with Gasteiger partial charge in [-0.1, -0.05) is 0 Å². The highest BCUT2D eigenvalue weighted by Gasteiger charge is 2.47. The van der Waals surface area contributed by atoms with E-state index in [0.29, 0.717) is 0 Å². The van der Waals surface area contributed by atoms with Crippen molar-refractivity contribution < 1.29 is 9.90 Å². The van der Waals surface area contributed by atoms with Crippen LogP contribution in [-0.4, -0.2) is 20.6 Å². The number of nitrogens with zero attached hydrogens (tertiary/aromatic N) is 2. The Labute approximate surface area is 76.2 Å². The molecule has 1 N–H and O–H groups in total. The van der Waals surface area contributed by atoms with Crippen LogP contribution in [0.2, 0.25) is 0 Å². The van der Waals surface area contributed by atoms with Gasteiger partial charge in [0.15, 0.2) is 0 Å². The fourth-order valence-electron chi connectivity index (χ4n) is 1.65. The Kier molecular flexibility index (Phi) is 1.65. The topological polar surface area (TPSA) is 55.1 Å². The fourth-order valence-corrected chi connectivity index (χ4v) is 1.65. The van der Waals surface area contributed by atoms with E-state index >= 15 is 0 Å². The Morgan fingerprint density at radius 1 is 1.77 bits per heavy atom. The van der Waals surface area contributed by atoms with Crippen molar-refractivity contribution in [1.29, 1.82) is 0 Å². The summed E-state index contributed by atoms with van der Waals surface area (Å²) >= 11 is 0. The maximum Gasteiger partial charge on any atom is 0.304 e. The van der Waals surface area contributed by atoms with Crippen molar-refractivity contribution in [3.05, 3.63) is 18.2 Å². The maximum absolute atomic E-state index is 10.6. The third-order valence-electron chi connectivity index (χ3n) is 2.59. The molecule has 0 unspecified atom stereocenters. The first-order valence-electron chi connectivity index (χ1n) is 4.33. The number of hydrogen-bond donors (Lipinski definition) is 1. The molecule has 4 heteroatoms. The van der Waals surface area contributed by atoms with Crippen LogP contribution in [0.3, 0.4) is 0 Å². The van der Waals surface area contributed by atoms with Crippen LogP contribution in [0.15, 0.2) is 12.5 Å². The zero-order valence-corrected chi connectivity index (χ0v) is 7.53. The van der Waals surface area contributed by atoms with Gasteiger partial charge in [0.25, 0.3) is 0 Å². The van der Waals surface area contributed by atoms with Crippen LogP contribution in [0.4, 0.5) is 0 Å². The normalized spacial score (nSPS) is 18.5. The van der Waals surface area contributed by atoms with Gasteiger partial charge in [0, 0.05) is 18.7 Å². The highest BCUT2D eigenvalue weighted by molar-refractivity contribution is 5.69. The van der Waals surface area contributed by atoms with Gasteiger partial charge in [0.1, 0.15) is 0 Å². The average molecular weight is 180 g/mol. The Bertz CT molecular complexity index is 339. The van der Waals surface area contributed by atoms with Crippen molar-refractivity contribution in [3.63, 3.8) is 0 Å². The standard InChI is InChI=1S/C9H12N2O2/c1-11-5-7(10-6-11)9(2-3-9)4-8(12)13/h5-6H,2-4H2,1H3,(H,12,13). The number of carboxylic acid groups (broad SMARTS) is 1. The van der Waals surface area contributed by atoms with Crippen molar-refractivity contribution in [3.8, 4) is 0 Å². The van der Waals surface area contributed by atoms with E-state index in [4.69, 9.17) is 5.11 Å². The van der Waals surface area contributed by atoms with E-state index in [-0.39, 0.29) is 11.8 Å². The molecule has 70 valence electrons. The van der Waals surface area contributed by atoms with Crippen molar-refractivity contribution >= 4 is 5.97 Å². The highest BCUT2D eigenvalue weighted by Crippen LogP contribution is 2.50. The number of carbonyl (C=O) groups is 1. The molecule has 1 heterocycles. The fraction of sp³-hybridized carbons (Fsp3) is 0.556. The van der Waals surface area contributed by atoms with Gasteiger partial charge in [-0.2, -0.15) is 0 Å². The summed E-state index contributed by atoms with van der Waals surface area (Å²) in [6.45, 7) is 0. The first kappa shape index (κ1) is 8.29. The SMILES string of the molecule is Cn1cnc(C2(CC(=O)O)CC2)c1. The molecule has 0 amide bonds. The van der Waals surface area contributed by atoms with E-state index in [1.807, 2.05) is 17.8 Å². The molecule has 1 aromatic heterocycles. The number of carboxylic acids is 1. The molecule has 0 spiro atoms. The molecule has 0 bridgehead atoms. The molecule has 0 aliphatic heterocycles. The van der Waals surface area contributed by atoms with E-state index in [1.54, 1.807) is 6.33 Å². The monoisotopic (exact) mass is 180 g/mol. The van der Waals surface area contributed by atoms with Crippen molar-refractivity contribution in [2.75, 3.05) is 0 Å². The summed E-state index contributed by atoms with van der Waals surface area (Å²) in [6.07, 6.45) is 5.75. The van der Waals surface area contributed by atoms with E-state index < -0.39 is 5.97 Å². The molecular formula is C9H12N2O2. The number of imidazole rings is 1. The molecule has 1 aliphatic rings. The summed E-state index contributed by atoms with van der Waals surface area (Å²) in [5.41, 5.74) is 0.782. The van der Waals surface area contributed by atoms with Gasteiger partial charge in [-0.3, -0.25) is 4.79 Å². The molecule has 0 saturated heterocycles. The highest BCUT2D eigenvalue weighted by atomic mass is 16.4. The van der Waals surface area contributed by atoms with E-state index in [2.05, 4.69) is 4.98 Å². The van der Waals surface area contributed by atoms with Gasteiger partial charge in [-0.25, -0.2) is 4.98 Å². The Morgan fingerprint density at radius 3 is 2.85 bits per heavy atom. The number of aryl methyl sites for hydroxylation is 1. The van der Waals surface area contributed by atoms with Gasteiger partial charge in [0.2, 0.25) is 0 Å². The van der Waals surface area contributed by atoms with Crippen LogP contribution in [0.5, 0.6) is 0 Å². The smallest absolute Gasteiger partial charge is 0.304 e. The second kappa shape index (κ2) is 2.58. The molecule has 1 fully saturated rings. The lowest BCUT2D eigenvalue weighted by molar-refractivity contribution is -0.137. The van der Waals surface area contributed by atoms with Crippen LogP contribution in [0.1, 0.15) is 25.0 Å². The van der Waals surface area contributed by atoms with Gasteiger partial charge in [0.05, 0.1) is 18.4 Å². The zero-order chi connectivity index (χ0) is 9.47. The molecule has 2 rings (SSSR count). The zero-order valence-electron chi connectivity index (χ0n) is 7.53. The lowest BCUT2D eigenvalue weighted by Gasteiger charge is -2.07. The largest absolute Gasteiger partial charge is 0.481 e. The van der Waals surface area contributed by atoms with Crippen LogP contribution >= 0.6 is 0 Å². The van der Waals surface area contributed by atoms with Crippen LogP contribution < -0.4 is 0 Å². The van der Waals surface area contributed by atoms with Gasteiger partial charge in [-0.05, 0) is 12.8 Å². The minimum Gasteiger partial charge on any atom is -0.481 e. The first-order chi connectivity index (χ1) is 6.12. The quantitative estimate of drug-likeness (QED) is 0.752. The minimum absolute atomic E-state index is 0.146. The van der Waals surface area contributed by atoms with E-state index in [9.17, 15) is 4.79 Å². The van der Waals surface area contributed by atoms with Crippen LogP contribution in [0.25, 0.3) is 0 Å². The predicted octanol–water partition coefficient (Wildman–Crippen LogP) is 0.926. The number of rotatable bonds is 3. The first-order valence-corrected chi connectivity index (χ1v) is 4.33. The number of hydrogen-bond acceptors (Lipinski definition) is 2. The lowest BCUT2D eigenvalue weighted by Crippen LogP contribution is -2.13. The molecule has 1 aliphatic carbocycles. The molecule has 4 nitrogen and oxygen atoms in total. The van der Waals surface area contributed by atoms with E-state index in [1.165, 1.54) is 0 Å². The van der Waals surface area contributed by atoms with E-state index in [0.717, 1.165) is 18.5 Å². The van der Waals surface area contributed by atoms with Crippen molar-refractivity contribution in [2.45, 2.75) is 24.7 Å². The summed E-state index contributed by atoms with van der Waals surface area (Å²) in [7, 11) is 1.90. The lowest BCUT2D eigenvalue weighted by atomic mass is 9.99. The molecule has 13 heavy (non-hydrogen) atoms. The minimum atomic E-state index is -0.733. The number of aliphatic carboxylic acids is 1. The van der Waals surface area contributed by atoms with Crippen molar-refractivity contribution in [1.82, 2.24) is 9.55 Å². The summed E-state index contributed by atoms with van der Waals surface area (Å²) in [4.78, 5) is 14.8. The Morgan fingerprint density at radius 2 is 2.46 bits per heavy atom. The van der Waals surface area contributed by atoms with Crippen LogP contribution in [0, 0.1) is 0 Å². The molecule has 0 radical (unpaired) electrons. The summed E-state index contributed by atoms with van der Waals surface area (Å²) in [5.74, 6) is -0.733. The predicted molar refractivity (Wildman–Crippen MR) is 46.4 cm³/mol. The molecule has 0 aromatic carbocycles. The summed E-state index contributed by atoms with van der Waals surface area (Å²) in [5, 5.41) is 8.72. The van der Waals surface area contributed by atoms with Crippen LogP contribution in [-0.2, 0) is 17.3 Å². The van der Waals surface area contributed by atoms with Gasteiger partial charge < -0.3 is 9.67 Å². The van der Waals surface area contributed by atoms with Gasteiger partial charge in [-0.15, -0.1) is 0 Å². The van der Waals surface area contributed by atoms with Gasteiger partial charge >= 0.3 is 5.97 Å². The molecular weight excluding hydrogens is 168 g/mol. The third-order valence-corrected chi connectivity index (χ3v) is 2.59. The third kappa shape index (κ3) is 1.43. The Hall–Kier alpha value is -1.32. The summed E-state index contributed by atoms with van der Waals surface area (Å²) < 4.78 is 1.86. The maximum atomic E-state index is 10.6. The molecule has 1 saturated carbocycles.